The van der Waals surface area contributed by atoms with Gasteiger partial charge in [-0.2, -0.15) is 23.4 Å². The molecule has 0 bridgehead atoms. The Labute approximate surface area is 161 Å². The number of rotatable bonds is 5. The molecule has 152 valence electrons. The second-order valence-corrected chi connectivity index (χ2v) is 5.93. The highest BCUT2D eigenvalue weighted by molar-refractivity contribution is 6.08. The van der Waals surface area contributed by atoms with Gasteiger partial charge in [-0.1, -0.05) is 6.07 Å². The summed E-state index contributed by atoms with van der Waals surface area (Å²) < 4.78 is 45.0. The molecular weight excluding hydrogens is 393 g/mol. The molecule has 0 radical (unpaired) electrons. The fraction of sp³-hybridized carbons (Fsp3) is 0.176. The molecular formula is C17H15F3N6O3. The van der Waals surface area contributed by atoms with Crippen molar-refractivity contribution in [2.75, 3.05) is 12.4 Å². The Bertz CT molecular complexity index is 1090. The van der Waals surface area contributed by atoms with Gasteiger partial charge in [-0.25, -0.2) is 4.68 Å². The molecule has 0 unspecified atom stereocenters. The second kappa shape index (κ2) is 7.30. The Balaban J connectivity index is 1.96. The average Bonchev–Trinajstić information content (AvgIpc) is 3.25. The number of carbonyl (C=O) groups is 2. The summed E-state index contributed by atoms with van der Waals surface area (Å²) >= 11 is 0. The van der Waals surface area contributed by atoms with Gasteiger partial charge in [0.15, 0.2) is 17.1 Å². The molecule has 0 atom stereocenters. The van der Waals surface area contributed by atoms with Gasteiger partial charge in [-0.15, -0.1) is 0 Å². The van der Waals surface area contributed by atoms with Gasteiger partial charge in [0.05, 0.1) is 35.9 Å². The first-order chi connectivity index (χ1) is 13.6. The zero-order chi connectivity index (χ0) is 21.3. The molecule has 0 aliphatic heterocycles. The van der Waals surface area contributed by atoms with Crippen LogP contribution in [0.4, 0.5) is 18.9 Å². The van der Waals surface area contributed by atoms with Crippen LogP contribution in [0.1, 0.15) is 32.2 Å². The molecule has 2 aromatic heterocycles. The maximum Gasteiger partial charge on any atom is 0.416 e. The van der Waals surface area contributed by atoms with Crippen molar-refractivity contribution in [1.82, 2.24) is 20.0 Å². The molecule has 29 heavy (non-hydrogen) atoms. The number of hydrogen-bond donors (Lipinski definition) is 3. The number of alkyl halides is 3. The summed E-state index contributed by atoms with van der Waals surface area (Å²) in [6.45, 7) is 1.56. The highest BCUT2D eigenvalue weighted by Gasteiger charge is 2.31. The van der Waals surface area contributed by atoms with Gasteiger partial charge in [0, 0.05) is 0 Å². The van der Waals surface area contributed by atoms with E-state index in [1.54, 1.807) is 6.92 Å². The highest BCUT2D eigenvalue weighted by atomic mass is 19.4. The fourth-order valence-electron chi connectivity index (χ4n) is 2.55. The maximum absolute atomic E-state index is 12.9. The van der Waals surface area contributed by atoms with E-state index < -0.39 is 23.6 Å². The van der Waals surface area contributed by atoms with E-state index >= 15 is 0 Å². The van der Waals surface area contributed by atoms with Crippen LogP contribution in [0.15, 0.2) is 30.5 Å². The van der Waals surface area contributed by atoms with Crippen molar-refractivity contribution in [2.24, 2.45) is 5.73 Å². The monoisotopic (exact) mass is 408 g/mol. The molecule has 0 aliphatic rings. The van der Waals surface area contributed by atoms with E-state index in [0.29, 0.717) is 5.69 Å². The predicted octanol–water partition coefficient (Wildman–Crippen LogP) is 2.28. The topological polar surface area (TPSA) is 128 Å². The lowest BCUT2D eigenvalue weighted by atomic mass is 10.2. The van der Waals surface area contributed by atoms with Crippen LogP contribution in [0.25, 0.3) is 5.69 Å². The van der Waals surface area contributed by atoms with E-state index in [1.165, 1.54) is 25.4 Å². The van der Waals surface area contributed by atoms with Gasteiger partial charge in [0.25, 0.3) is 11.8 Å². The second-order valence-electron chi connectivity index (χ2n) is 5.93. The number of ether oxygens (including phenoxy) is 1. The molecule has 3 rings (SSSR count). The van der Waals surface area contributed by atoms with Crippen LogP contribution in [0.3, 0.4) is 0 Å². The lowest BCUT2D eigenvalue weighted by Crippen LogP contribution is -2.19. The van der Waals surface area contributed by atoms with Crippen molar-refractivity contribution >= 4 is 17.5 Å². The molecule has 9 nitrogen and oxygen atoms in total. The lowest BCUT2D eigenvalue weighted by molar-refractivity contribution is -0.137. The van der Waals surface area contributed by atoms with Crippen LogP contribution >= 0.6 is 0 Å². The van der Waals surface area contributed by atoms with E-state index in [2.05, 4.69) is 20.6 Å². The summed E-state index contributed by atoms with van der Waals surface area (Å²) in [5, 5.41) is 12.7. The number of aromatic nitrogens is 4. The van der Waals surface area contributed by atoms with Gasteiger partial charge in [0.2, 0.25) is 0 Å². The largest absolute Gasteiger partial charge is 0.493 e. The van der Waals surface area contributed by atoms with Gasteiger partial charge in [-0.3, -0.25) is 14.7 Å². The minimum absolute atomic E-state index is 0.0154. The SMILES string of the molecule is COc1cn(-c2cccc(C(F)(F)F)c2)nc1C(=O)Nc1c(C(N)=O)n[nH]c1C. The molecule has 0 fully saturated rings. The number of nitrogens with two attached hydrogens (primary N) is 1. The molecule has 2 amide bonds. The molecule has 4 N–H and O–H groups in total. The van der Waals surface area contributed by atoms with Crippen molar-refractivity contribution in [1.29, 1.82) is 0 Å². The zero-order valence-corrected chi connectivity index (χ0v) is 15.2. The Morgan fingerprint density at radius 3 is 2.62 bits per heavy atom. The van der Waals surface area contributed by atoms with Gasteiger partial charge < -0.3 is 15.8 Å². The fourth-order valence-corrected chi connectivity index (χ4v) is 2.55. The van der Waals surface area contributed by atoms with Gasteiger partial charge >= 0.3 is 6.18 Å². The van der Waals surface area contributed by atoms with Crippen molar-refractivity contribution in [2.45, 2.75) is 13.1 Å². The third kappa shape index (κ3) is 3.90. The number of benzene rings is 1. The van der Waals surface area contributed by atoms with Crippen molar-refractivity contribution in [3.05, 3.63) is 53.1 Å². The number of aromatic amines is 1. The van der Waals surface area contributed by atoms with Gasteiger partial charge in [0.1, 0.15) is 0 Å². The summed E-state index contributed by atoms with van der Waals surface area (Å²) in [4.78, 5) is 24.1. The van der Waals surface area contributed by atoms with Crippen LogP contribution in [0, 0.1) is 6.92 Å². The minimum Gasteiger partial charge on any atom is -0.493 e. The Morgan fingerprint density at radius 2 is 2.00 bits per heavy atom. The number of nitrogens with one attached hydrogen (secondary N) is 2. The molecule has 0 aliphatic carbocycles. The van der Waals surface area contributed by atoms with E-state index in [0.717, 1.165) is 16.8 Å². The smallest absolute Gasteiger partial charge is 0.416 e. The molecule has 0 spiro atoms. The van der Waals surface area contributed by atoms with E-state index in [4.69, 9.17) is 10.5 Å². The van der Waals surface area contributed by atoms with Crippen LogP contribution in [0.5, 0.6) is 5.75 Å². The number of H-pyrrole nitrogens is 1. The number of halogens is 3. The standard InChI is InChI=1S/C17H15F3N6O3/c1-8-12(14(15(21)27)24-23-8)22-16(28)13-11(29-2)7-26(25-13)10-5-3-4-9(6-10)17(18,19)20/h3-7H,1-2H3,(H2,21,27)(H,22,28)(H,23,24). The Morgan fingerprint density at radius 1 is 1.28 bits per heavy atom. The quantitative estimate of drug-likeness (QED) is 0.597. The molecule has 2 heterocycles. The van der Waals surface area contributed by atoms with E-state index in [-0.39, 0.29) is 28.5 Å². The molecule has 12 heteroatoms. The number of carbonyl (C=O) groups excluding carboxylic acids is 2. The maximum atomic E-state index is 12.9. The number of nitrogens with zero attached hydrogens (tertiary/aromatic N) is 3. The molecule has 0 saturated heterocycles. The number of amides is 2. The van der Waals surface area contributed by atoms with Crippen molar-refractivity contribution in [3.8, 4) is 11.4 Å². The normalized spacial score (nSPS) is 11.3. The first-order valence-corrected chi connectivity index (χ1v) is 8.09. The molecule has 0 saturated carbocycles. The first kappa shape index (κ1) is 19.9. The van der Waals surface area contributed by atoms with E-state index in [1.807, 2.05) is 0 Å². The zero-order valence-electron chi connectivity index (χ0n) is 15.2. The third-order valence-electron chi connectivity index (χ3n) is 3.97. The number of hydrogen-bond acceptors (Lipinski definition) is 5. The van der Waals surface area contributed by atoms with E-state index in [9.17, 15) is 22.8 Å². The lowest BCUT2D eigenvalue weighted by Gasteiger charge is -2.08. The summed E-state index contributed by atoms with van der Waals surface area (Å²) in [5.74, 6) is -1.60. The highest BCUT2D eigenvalue weighted by Crippen LogP contribution is 2.31. The van der Waals surface area contributed by atoms with Crippen molar-refractivity contribution < 1.29 is 27.5 Å². The van der Waals surface area contributed by atoms with Crippen LogP contribution in [-0.2, 0) is 6.18 Å². The Hall–Kier alpha value is -3.83. The summed E-state index contributed by atoms with van der Waals surface area (Å²) in [6.07, 6.45) is -3.26. The van der Waals surface area contributed by atoms with Crippen LogP contribution < -0.4 is 15.8 Å². The van der Waals surface area contributed by atoms with Gasteiger partial charge in [-0.05, 0) is 25.1 Å². The summed E-state index contributed by atoms with van der Waals surface area (Å²) in [5.41, 5.74) is 4.50. The first-order valence-electron chi connectivity index (χ1n) is 8.09. The summed E-state index contributed by atoms with van der Waals surface area (Å²) in [7, 11) is 1.28. The van der Waals surface area contributed by atoms with Crippen LogP contribution in [-0.4, -0.2) is 38.9 Å². The minimum atomic E-state index is -4.53. The predicted molar refractivity (Wildman–Crippen MR) is 94.9 cm³/mol. The number of primary amides is 1. The average molecular weight is 408 g/mol. The summed E-state index contributed by atoms with van der Waals surface area (Å²) in [6, 6.07) is 4.43. The third-order valence-corrected chi connectivity index (χ3v) is 3.97. The molecule has 1 aromatic carbocycles. The Kier molecular flexibility index (Phi) is 5.01. The van der Waals surface area contributed by atoms with Crippen LogP contribution in [0.2, 0.25) is 0 Å². The van der Waals surface area contributed by atoms with Crippen molar-refractivity contribution in [3.63, 3.8) is 0 Å². The number of methoxy groups -OCH3 is 1. The number of anilines is 1. The number of aryl methyl sites for hydroxylation is 1. The molecule has 3 aromatic rings.